The van der Waals surface area contributed by atoms with E-state index in [1.807, 2.05) is 0 Å². The standard InChI is InChI=1S/C19H30N2O2/c22-18(17-1-6-23-13-17)20-2-4-21(5-3-20)19-10-14-7-15(11-19)9-16(8-14)12-19/h14-17H,1-13H2/t14?,15?,16?,17-,19?/m0/s1. The molecule has 6 aliphatic rings. The van der Waals surface area contributed by atoms with Crippen molar-refractivity contribution in [1.29, 1.82) is 0 Å². The Morgan fingerprint density at radius 1 is 0.913 bits per heavy atom. The fraction of sp³-hybridized carbons (Fsp3) is 0.947. The summed E-state index contributed by atoms with van der Waals surface area (Å²) in [5.41, 5.74) is 0.514. The normalized spacial score (nSPS) is 46.5. The predicted molar refractivity (Wildman–Crippen MR) is 88.0 cm³/mol. The topological polar surface area (TPSA) is 32.8 Å². The van der Waals surface area contributed by atoms with Crippen molar-refractivity contribution in [3.8, 4) is 0 Å². The number of hydrogen-bond donors (Lipinski definition) is 0. The molecule has 0 aromatic heterocycles. The Balaban J connectivity index is 1.24. The van der Waals surface area contributed by atoms with Crippen LogP contribution in [0.15, 0.2) is 0 Å². The summed E-state index contributed by atoms with van der Waals surface area (Å²) in [6.45, 7) is 5.50. The lowest BCUT2D eigenvalue weighted by Gasteiger charge is -2.61. The van der Waals surface area contributed by atoms with Crippen LogP contribution in [-0.4, -0.2) is 60.6 Å². The highest BCUT2D eigenvalue weighted by molar-refractivity contribution is 5.79. The van der Waals surface area contributed by atoms with Gasteiger partial charge in [-0.05, 0) is 62.7 Å². The molecule has 0 radical (unpaired) electrons. The highest BCUT2D eigenvalue weighted by Crippen LogP contribution is 2.57. The van der Waals surface area contributed by atoms with Gasteiger partial charge in [-0.15, -0.1) is 0 Å². The van der Waals surface area contributed by atoms with Gasteiger partial charge in [-0.25, -0.2) is 0 Å². The molecule has 2 aliphatic heterocycles. The van der Waals surface area contributed by atoms with Crippen LogP contribution in [0.5, 0.6) is 0 Å². The second kappa shape index (κ2) is 5.45. The van der Waals surface area contributed by atoms with E-state index < -0.39 is 0 Å². The maximum absolute atomic E-state index is 12.6. The Morgan fingerprint density at radius 3 is 2.04 bits per heavy atom. The average Bonchev–Trinajstić information content (AvgIpc) is 3.07. The minimum atomic E-state index is 0.140. The number of hydrogen-bond acceptors (Lipinski definition) is 3. The van der Waals surface area contributed by atoms with Crippen molar-refractivity contribution < 1.29 is 9.53 Å². The maximum Gasteiger partial charge on any atom is 0.228 e. The summed E-state index contributed by atoms with van der Waals surface area (Å²) in [6.07, 6.45) is 9.81. The number of ether oxygens (including phenoxy) is 1. The first kappa shape index (κ1) is 14.7. The third-order valence-corrected chi connectivity index (χ3v) is 7.55. The van der Waals surface area contributed by atoms with Crippen molar-refractivity contribution in [1.82, 2.24) is 9.80 Å². The SMILES string of the molecule is O=C([C@H]1CCOC1)N1CCN(C23CC4CC(CC(C4)C2)C3)CC1. The Hall–Kier alpha value is -0.610. The molecule has 4 heteroatoms. The molecular weight excluding hydrogens is 288 g/mol. The number of piperazine rings is 1. The zero-order chi connectivity index (χ0) is 15.4. The van der Waals surface area contributed by atoms with Crippen LogP contribution >= 0.6 is 0 Å². The molecule has 0 aromatic rings. The van der Waals surface area contributed by atoms with Crippen molar-refractivity contribution in [2.45, 2.75) is 50.5 Å². The minimum Gasteiger partial charge on any atom is -0.381 e. The minimum absolute atomic E-state index is 0.140. The largest absolute Gasteiger partial charge is 0.381 e. The molecule has 4 bridgehead atoms. The fourth-order valence-corrected chi connectivity index (χ4v) is 6.84. The van der Waals surface area contributed by atoms with Gasteiger partial charge in [0.05, 0.1) is 12.5 Å². The van der Waals surface area contributed by atoms with Crippen LogP contribution in [0.2, 0.25) is 0 Å². The van der Waals surface area contributed by atoms with Gasteiger partial charge in [0.15, 0.2) is 0 Å². The number of carbonyl (C=O) groups excluding carboxylic acids is 1. The van der Waals surface area contributed by atoms with E-state index in [1.54, 1.807) is 0 Å². The van der Waals surface area contributed by atoms with Crippen LogP contribution in [0.3, 0.4) is 0 Å². The van der Waals surface area contributed by atoms with Crippen molar-refractivity contribution in [3.05, 3.63) is 0 Å². The van der Waals surface area contributed by atoms with Crippen molar-refractivity contribution >= 4 is 5.91 Å². The van der Waals surface area contributed by atoms with E-state index in [1.165, 1.54) is 38.5 Å². The van der Waals surface area contributed by atoms with Crippen molar-refractivity contribution in [2.24, 2.45) is 23.7 Å². The Labute approximate surface area is 139 Å². The van der Waals surface area contributed by atoms with E-state index in [-0.39, 0.29) is 5.92 Å². The quantitative estimate of drug-likeness (QED) is 0.782. The molecular formula is C19H30N2O2. The van der Waals surface area contributed by atoms with Crippen LogP contribution in [0, 0.1) is 23.7 Å². The molecule has 6 rings (SSSR count). The van der Waals surface area contributed by atoms with E-state index in [2.05, 4.69) is 9.80 Å². The van der Waals surface area contributed by atoms with E-state index in [0.29, 0.717) is 18.1 Å². The Bertz CT molecular complexity index is 442. The summed E-state index contributed by atoms with van der Waals surface area (Å²) < 4.78 is 5.40. The smallest absolute Gasteiger partial charge is 0.228 e. The highest BCUT2D eigenvalue weighted by atomic mass is 16.5. The molecule has 2 saturated heterocycles. The summed E-state index contributed by atoms with van der Waals surface area (Å²) in [5, 5.41) is 0. The van der Waals surface area contributed by atoms with E-state index in [0.717, 1.165) is 57.0 Å². The first-order valence-corrected chi connectivity index (χ1v) is 9.83. The van der Waals surface area contributed by atoms with Gasteiger partial charge in [-0.1, -0.05) is 0 Å². The van der Waals surface area contributed by atoms with Gasteiger partial charge in [0.2, 0.25) is 5.91 Å². The zero-order valence-corrected chi connectivity index (χ0v) is 14.2. The zero-order valence-electron chi connectivity index (χ0n) is 14.2. The van der Waals surface area contributed by atoms with E-state index in [4.69, 9.17) is 4.74 Å². The van der Waals surface area contributed by atoms with Gasteiger partial charge in [-0.2, -0.15) is 0 Å². The van der Waals surface area contributed by atoms with Gasteiger partial charge in [0.1, 0.15) is 0 Å². The molecule has 4 aliphatic carbocycles. The fourth-order valence-electron chi connectivity index (χ4n) is 6.84. The highest BCUT2D eigenvalue weighted by Gasteiger charge is 2.53. The lowest BCUT2D eigenvalue weighted by atomic mass is 9.52. The first-order valence-electron chi connectivity index (χ1n) is 9.83. The van der Waals surface area contributed by atoms with Gasteiger partial charge in [-0.3, -0.25) is 9.69 Å². The van der Waals surface area contributed by atoms with Gasteiger partial charge in [0, 0.05) is 38.3 Å². The molecule has 4 saturated carbocycles. The monoisotopic (exact) mass is 318 g/mol. The lowest BCUT2D eigenvalue weighted by Crippen LogP contribution is -2.64. The summed E-state index contributed by atoms with van der Waals surface area (Å²) in [4.78, 5) is 17.5. The third kappa shape index (κ3) is 2.44. The number of nitrogens with zero attached hydrogens (tertiary/aromatic N) is 2. The number of rotatable bonds is 2. The molecule has 128 valence electrons. The van der Waals surface area contributed by atoms with E-state index >= 15 is 0 Å². The summed E-state index contributed by atoms with van der Waals surface area (Å²) in [5.74, 6) is 3.53. The molecule has 6 fully saturated rings. The predicted octanol–water partition coefficient (Wildman–Crippen LogP) is 2.14. The molecule has 0 aromatic carbocycles. The van der Waals surface area contributed by atoms with Crippen molar-refractivity contribution in [3.63, 3.8) is 0 Å². The van der Waals surface area contributed by atoms with Crippen LogP contribution < -0.4 is 0 Å². The molecule has 1 atom stereocenters. The molecule has 4 nitrogen and oxygen atoms in total. The van der Waals surface area contributed by atoms with Crippen LogP contribution in [0.25, 0.3) is 0 Å². The molecule has 2 heterocycles. The molecule has 23 heavy (non-hydrogen) atoms. The summed E-state index contributed by atoms with van der Waals surface area (Å²) in [6, 6.07) is 0. The second-order valence-corrected chi connectivity index (χ2v) is 9.01. The molecule has 1 amide bonds. The molecule has 0 N–H and O–H groups in total. The Kier molecular flexibility index (Phi) is 3.49. The number of carbonyl (C=O) groups is 1. The van der Waals surface area contributed by atoms with Crippen LogP contribution in [-0.2, 0) is 9.53 Å². The lowest BCUT2D eigenvalue weighted by molar-refractivity contribution is -0.142. The molecule has 0 unspecified atom stereocenters. The van der Waals surface area contributed by atoms with Crippen molar-refractivity contribution in [2.75, 3.05) is 39.4 Å². The first-order chi connectivity index (χ1) is 11.2. The average molecular weight is 318 g/mol. The summed E-state index contributed by atoms with van der Waals surface area (Å²) >= 11 is 0. The molecule has 0 spiro atoms. The maximum atomic E-state index is 12.6. The van der Waals surface area contributed by atoms with Gasteiger partial charge < -0.3 is 9.64 Å². The van der Waals surface area contributed by atoms with Crippen LogP contribution in [0.1, 0.15) is 44.9 Å². The second-order valence-electron chi connectivity index (χ2n) is 9.01. The Morgan fingerprint density at radius 2 is 1.52 bits per heavy atom. The summed E-state index contributed by atoms with van der Waals surface area (Å²) in [7, 11) is 0. The van der Waals surface area contributed by atoms with Gasteiger partial charge >= 0.3 is 0 Å². The van der Waals surface area contributed by atoms with E-state index in [9.17, 15) is 4.79 Å². The van der Waals surface area contributed by atoms with Gasteiger partial charge in [0.25, 0.3) is 0 Å². The number of amides is 1. The van der Waals surface area contributed by atoms with Crippen LogP contribution in [0.4, 0.5) is 0 Å². The third-order valence-electron chi connectivity index (χ3n) is 7.55.